The van der Waals surface area contributed by atoms with Crippen LogP contribution >= 0.6 is 15.9 Å². The minimum atomic E-state index is -0.313. The minimum Gasteiger partial charge on any atom is -0.494 e. The fourth-order valence-electron chi connectivity index (χ4n) is 1.54. The Kier molecular flexibility index (Phi) is 5.92. The van der Waals surface area contributed by atoms with Crippen molar-refractivity contribution >= 4 is 15.9 Å². The van der Waals surface area contributed by atoms with Crippen molar-refractivity contribution in [2.45, 2.75) is 26.4 Å². The lowest BCUT2D eigenvalue weighted by atomic mass is 10.1. The van der Waals surface area contributed by atoms with E-state index in [1.807, 2.05) is 6.07 Å². The largest absolute Gasteiger partial charge is 0.494 e. The van der Waals surface area contributed by atoms with E-state index < -0.39 is 0 Å². The van der Waals surface area contributed by atoms with Crippen LogP contribution < -0.4 is 10.1 Å². The third kappa shape index (κ3) is 4.28. The molecule has 1 aromatic rings. The first-order valence-electron chi connectivity index (χ1n) is 5.70. The molecular formula is C13H19BrFNO. The molecule has 0 saturated heterocycles. The van der Waals surface area contributed by atoms with Crippen LogP contribution in [0.1, 0.15) is 19.4 Å². The van der Waals surface area contributed by atoms with Crippen molar-refractivity contribution in [3.63, 3.8) is 0 Å². The third-order valence-electron chi connectivity index (χ3n) is 2.76. The maximum atomic E-state index is 13.5. The average molecular weight is 304 g/mol. The van der Waals surface area contributed by atoms with Gasteiger partial charge in [0.25, 0.3) is 0 Å². The summed E-state index contributed by atoms with van der Waals surface area (Å²) in [6, 6.07) is 5.43. The molecule has 0 bridgehead atoms. The predicted octanol–water partition coefficient (Wildman–Crippen LogP) is 3.34. The van der Waals surface area contributed by atoms with Crippen molar-refractivity contribution in [3.8, 4) is 5.75 Å². The number of alkyl halides is 1. The van der Waals surface area contributed by atoms with E-state index in [-0.39, 0.29) is 11.6 Å². The summed E-state index contributed by atoms with van der Waals surface area (Å²) in [4.78, 5) is 0. The maximum Gasteiger partial charge on any atom is 0.165 e. The summed E-state index contributed by atoms with van der Waals surface area (Å²) in [7, 11) is 1.47. The fourth-order valence-corrected chi connectivity index (χ4v) is 2.51. The van der Waals surface area contributed by atoms with Crippen molar-refractivity contribution in [2.75, 3.05) is 12.4 Å². The Hall–Kier alpha value is -0.610. The molecule has 0 aliphatic heterocycles. The monoisotopic (exact) mass is 303 g/mol. The van der Waals surface area contributed by atoms with Gasteiger partial charge in [-0.3, -0.25) is 0 Å². The number of nitrogens with one attached hydrogen (secondary N) is 1. The van der Waals surface area contributed by atoms with Gasteiger partial charge in [0.05, 0.1) is 7.11 Å². The Labute approximate surface area is 111 Å². The summed E-state index contributed by atoms with van der Waals surface area (Å²) in [6.45, 7) is 4.98. The lowest BCUT2D eigenvalue weighted by Gasteiger charge is -2.20. The SMILES string of the molecule is COc1ccc(CNC(CBr)C(C)C)cc1F. The highest BCUT2D eigenvalue weighted by Gasteiger charge is 2.11. The van der Waals surface area contributed by atoms with E-state index in [2.05, 4.69) is 35.1 Å². The number of halogens is 2. The number of methoxy groups -OCH3 is 1. The van der Waals surface area contributed by atoms with Crippen LogP contribution in [0.25, 0.3) is 0 Å². The molecule has 0 spiro atoms. The fraction of sp³-hybridized carbons (Fsp3) is 0.538. The molecule has 0 aliphatic rings. The van der Waals surface area contributed by atoms with Crippen LogP contribution in [-0.2, 0) is 6.54 Å². The lowest BCUT2D eigenvalue weighted by molar-refractivity contribution is 0.385. The molecule has 1 unspecified atom stereocenters. The van der Waals surface area contributed by atoms with Crippen molar-refractivity contribution in [1.29, 1.82) is 0 Å². The molecule has 0 saturated carbocycles. The van der Waals surface area contributed by atoms with E-state index in [0.29, 0.717) is 18.5 Å². The molecule has 0 heterocycles. The summed E-state index contributed by atoms with van der Waals surface area (Å²) in [6.07, 6.45) is 0. The number of ether oxygens (including phenoxy) is 1. The van der Waals surface area contributed by atoms with Gasteiger partial charge in [-0.2, -0.15) is 0 Å². The molecule has 17 heavy (non-hydrogen) atoms. The van der Waals surface area contributed by atoms with Crippen LogP contribution in [0.5, 0.6) is 5.75 Å². The van der Waals surface area contributed by atoms with Gasteiger partial charge in [-0.05, 0) is 23.6 Å². The maximum absolute atomic E-state index is 13.5. The molecule has 1 N–H and O–H groups in total. The van der Waals surface area contributed by atoms with Gasteiger partial charge in [0, 0.05) is 17.9 Å². The molecule has 0 fully saturated rings. The van der Waals surface area contributed by atoms with E-state index in [0.717, 1.165) is 10.9 Å². The predicted molar refractivity (Wildman–Crippen MR) is 72.2 cm³/mol. The summed E-state index contributed by atoms with van der Waals surface area (Å²) in [5, 5.41) is 4.29. The van der Waals surface area contributed by atoms with Gasteiger partial charge in [-0.25, -0.2) is 4.39 Å². The zero-order valence-electron chi connectivity index (χ0n) is 10.5. The van der Waals surface area contributed by atoms with E-state index in [9.17, 15) is 4.39 Å². The normalized spacial score (nSPS) is 12.8. The number of hydrogen-bond acceptors (Lipinski definition) is 2. The summed E-state index contributed by atoms with van der Waals surface area (Å²) in [5.74, 6) is 0.513. The number of benzene rings is 1. The second kappa shape index (κ2) is 6.97. The minimum absolute atomic E-state index is 0.287. The molecular weight excluding hydrogens is 285 g/mol. The average Bonchev–Trinajstić information content (AvgIpc) is 2.29. The smallest absolute Gasteiger partial charge is 0.165 e. The van der Waals surface area contributed by atoms with E-state index in [4.69, 9.17) is 4.74 Å². The van der Waals surface area contributed by atoms with E-state index >= 15 is 0 Å². The van der Waals surface area contributed by atoms with E-state index in [1.54, 1.807) is 6.07 Å². The van der Waals surface area contributed by atoms with Crippen LogP contribution in [0.3, 0.4) is 0 Å². The Morgan fingerprint density at radius 3 is 2.59 bits per heavy atom. The van der Waals surface area contributed by atoms with Crippen LogP contribution in [-0.4, -0.2) is 18.5 Å². The molecule has 0 amide bonds. The lowest BCUT2D eigenvalue weighted by Crippen LogP contribution is -2.34. The highest BCUT2D eigenvalue weighted by Crippen LogP contribution is 2.17. The van der Waals surface area contributed by atoms with Gasteiger partial charge in [0.2, 0.25) is 0 Å². The first-order valence-corrected chi connectivity index (χ1v) is 6.82. The quantitative estimate of drug-likeness (QED) is 0.814. The third-order valence-corrected chi connectivity index (χ3v) is 3.45. The Morgan fingerprint density at radius 1 is 1.41 bits per heavy atom. The molecule has 0 aromatic heterocycles. The first kappa shape index (κ1) is 14.5. The standard InChI is InChI=1S/C13H19BrFNO/c1-9(2)12(7-14)16-8-10-4-5-13(17-3)11(15)6-10/h4-6,9,12,16H,7-8H2,1-3H3. The second-order valence-corrected chi connectivity index (χ2v) is 5.00. The van der Waals surface area contributed by atoms with Crippen molar-refractivity contribution in [3.05, 3.63) is 29.6 Å². The van der Waals surface area contributed by atoms with Gasteiger partial charge in [-0.15, -0.1) is 0 Å². The molecule has 1 rings (SSSR count). The Balaban J connectivity index is 2.60. The van der Waals surface area contributed by atoms with Crippen LogP contribution in [0, 0.1) is 11.7 Å². The molecule has 4 heteroatoms. The summed E-state index contributed by atoms with van der Waals surface area (Å²) < 4.78 is 18.3. The summed E-state index contributed by atoms with van der Waals surface area (Å²) in [5.41, 5.74) is 0.926. The highest BCUT2D eigenvalue weighted by molar-refractivity contribution is 9.09. The zero-order valence-corrected chi connectivity index (χ0v) is 12.1. The Morgan fingerprint density at radius 2 is 2.12 bits per heavy atom. The molecule has 0 radical (unpaired) electrons. The topological polar surface area (TPSA) is 21.3 Å². The van der Waals surface area contributed by atoms with Gasteiger partial charge in [-0.1, -0.05) is 35.8 Å². The molecule has 2 nitrogen and oxygen atoms in total. The van der Waals surface area contributed by atoms with Crippen molar-refractivity contribution < 1.29 is 9.13 Å². The zero-order chi connectivity index (χ0) is 12.8. The van der Waals surface area contributed by atoms with Gasteiger partial charge in [0.15, 0.2) is 11.6 Å². The number of rotatable bonds is 6. The highest BCUT2D eigenvalue weighted by atomic mass is 79.9. The number of hydrogen-bond donors (Lipinski definition) is 1. The van der Waals surface area contributed by atoms with Crippen molar-refractivity contribution in [2.24, 2.45) is 5.92 Å². The Bertz CT molecular complexity index is 357. The molecule has 1 aromatic carbocycles. The molecule has 0 aliphatic carbocycles. The van der Waals surface area contributed by atoms with Crippen LogP contribution in [0.4, 0.5) is 4.39 Å². The van der Waals surface area contributed by atoms with Gasteiger partial charge < -0.3 is 10.1 Å². The van der Waals surface area contributed by atoms with E-state index in [1.165, 1.54) is 13.2 Å². The molecule has 96 valence electrons. The first-order chi connectivity index (χ1) is 8.08. The summed E-state index contributed by atoms with van der Waals surface area (Å²) >= 11 is 3.47. The van der Waals surface area contributed by atoms with Crippen LogP contribution in [0.15, 0.2) is 18.2 Å². The van der Waals surface area contributed by atoms with Crippen molar-refractivity contribution in [1.82, 2.24) is 5.32 Å². The van der Waals surface area contributed by atoms with Gasteiger partial charge >= 0.3 is 0 Å². The van der Waals surface area contributed by atoms with Crippen LogP contribution in [0.2, 0.25) is 0 Å². The molecule has 1 atom stereocenters. The van der Waals surface area contributed by atoms with Gasteiger partial charge in [0.1, 0.15) is 0 Å². The second-order valence-electron chi connectivity index (χ2n) is 4.35.